The average Bonchev–Trinajstić information content (AvgIpc) is 2.93. The first kappa shape index (κ1) is 18.6. The lowest BCUT2D eigenvalue weighted by Gasteiger charge is -2.25. The lowest BCUT2D eigenvalue weighted by molar-refractivity contribution is 0.0749. The van der Waals surface area contributed by atoms with E-state index in [-0.39, 0.29) is 23.5 Å². The van der Waals surface area contributed by atoms with Crippen LogP contribution in [-0.4, -0.2) is 66.9 Å². The number of carbonyl (C=O) groups is 1. The van der Waals surface area contributed by atoms with E-state index in [2.05, 4.69) is 9.97 Å². The fourth-order valence-electron chi connectivity index (χ4n) is 2.94. The third-order valence-corrected chi connectivity index (χ3v) is 6.01. The second-order valence-electron chi connectivity index (χ2n) is 6.22. The van der Waals surface area contributed by atoms with Crippen molar-refractivity contribution in [3.8, 4) is 0 Å². The van der Waals surface area contributed by atoms with Crippen LogP contribution in [0.5, 0.6) is 0 Å². The predicted octanol–water partition coefficient (Wildman–Crippen LogP) is 1.36. The molecule has 0 aromatic carbocycles. The van der Waals surface area contributed by atoms with Crippen molar-refractivity contribution < 1.29 is 13.2 Å². The summed E-state index contributed by atoms with van der Waals surface area (Å²) in [6.07, 6.45) is 3.75. The van der Waals surface area contributed by atoms with Crippen LogP contribution >= 0.6 is 0 Å². The molecule has 8 heteroatoms. The first-order valence-corrected chi connectivity index (χ1v) is 10.2. The van der Waals surface area contributed by atoms with Gasteiger partial charge < -0.3 is 9.80 Å². The Morgan fingerprint density at radius 2 is 1.92 bits per heavy atom. The Balaban J connectivity index is 2.17. The van der Waals surface area contributed by atoms with E-state index in [1.807, 2.05) is 25.8 Å². The minimum absolute atomic E-state index is 0.102. The number of hydrogen-bond acceptors (Lipinski definition) is 6. The second kappa shape index (κ2) is 7.92. The van der Waals surface area contributed by atoms with Crippen LogP contribution in [0.2, 0.25) is 0 Å². The lowest BCUT2D eigenvalue weighted by atomic mass is 10.2. The van der Waals surface area contributed by atoms with Gasteiger partial charge in [-0.2, -0.15) is 0 Å². The van der Waals surface area contributed by atoms with Gasteiger partial charge in [0.25, 0.3) is 5.91 Å². The normalized spacial score (nSPS) is 19.2. The number of nitrogens with zero attached hydrogens (tertiary/aromatic N) is 4. The fraction of sp³-hybridized carbons (Fsp3) is 0.688. The van der Waals surface area contributed by atoms with Crippen molar-refractivity contribution in [2.75, 3.05) is 36.5 Å². The number of amides is 1. The van der Waals surface area contributed by atoms with E-state index in [4.69, 9.17) is 0 Å². The van der Waals surface area contributed by atoms with E-state index in [1.54, 1.807) is 11.0 Å². The molecule has 0 aliphatic carbocycles. The molecule has 134 valence electrons. The molecule has 0 N–H and O–H groups in total. The summed E-state index contributed by atoms with van der Waals surface area (Å²) in [4.78, 5) is 24.6. The number of hydrogen-bond donors (Lipinski definition) is 0. The molecule has 1 aliphatic heterocycles. The molecule has 1 amide bonds. The zero-order valence-electron chi connectivity index (χ0n) is 14.6. The molecule has 1 aromatic rings. The van der Waals surface area contributed by atoms with Gasteiger partial charge in [-0.15, -0.1) is 0 Å². The van der Waals surface area contributed by atoms with Gasteiger partial charge in [-0.1, -0.05) is 13.8 Å². The number of anilines is 1. The van der Waals surface area contributed by atoms with Crippen LogP contribution in [0.4, 0.5) is 5.82 Å². The highest BCUT2D eigenvalue weighted by Gasteiger charge is 2.31. The Hall–Kier alpha value is -1.70. The molecule has 0 saturated carbocycles. The molecule has 2 rings (SSSR count). The maximum Gasteiger partial charge on any atom is 0.272 e. The minimum Gasteiger partial charge on any atom is -0.356 e. The summed E-state index contributed by atoms with van der Waals surface area (Å²) in [7, 11) is -1.15. The average molecular weight is 354 g/mol. The SMILES string of the molecule is CCCN(CCC)C(=O)c1cc(N(C)C2CCS(=O)(=O)C2)ncn1. The molecule has 1 fully saturated rings. The quantitative estimate of drug-likeness (QED) is 0.735. The third kappa shape index (κ3) is 4.43. The molecule has 1 aromatic heterocycles. The van der Waals surface area contributed by atoms with Crippen molar-refractivity contribution in [1.82, 2.24) is 14.9 Å². The van der Waals surface area contributed by atoms with E-state index >= 15 is 0 Å². The summed E-state index contributed by atoms with van der Waals surface area (Å²) >= 11 is 0. The fourth-order valence-corrected chi connectivity index (χ4v) is 4.72. The van der Waals surface area contributed by atoms with Crippen LogP contribution in [-0.2, 0) is 9.84 Å². The number of carbonyl (C=O) groups excluding carboxylic acids is 1. The summed E-state index contributed by atoms with van der Waals surface area (Å²) in [5, 5.41) is 0. The van der Waals surface area contributed by atoms with Gasteiger partial charge in [0.1, 0.15) is 17.8 Å². The van der Waals surface area contributed by atoms with Gasteiger partial charge in [0.15, 0.2) is 9.84 Å². The van der Waals surface area contributed by atoms with Gasteiger partial charge in [-0.3, -0.25) is 4.79 Å². The van der Waals surface area contributed by atoms with Crippen LogP contribution in [0, 0.1) is 0 Å². The first-order chi connectivity index (χ1) is 11.4. The van der Waals surface area contributed by atoms with Gasteiger partial charge in [-0.05, 0) is 19.3 Å². The predicted molar refractivity (Wildman–Crippen MR) is 94.0 cm³/mol. The highest BCUT2D eigenvalue weighted by Crippen LogP contribution is 2.21. The molecule has 1 atom stereocenters. The topological polar surface area (TPSA) is 83.5 Å². The number of rotatable bonds is 7. The van der Waals surface area contributed by atoms with E-state index in [1.165, 1.54) is 6.33 Å². The summed E-state index contributed by atoms with van der Waals surface area (Å²) in [6, 6.07) is 1.56. The highest BCUT2D eigenvalue weighted by molar-refractivity contribution is 7.91. The molecule has 1 unspecified atom stereocenters. The van der Waals surface area contributed by atoms with Crippen molar-refractivity contribution in [3.63, 3.8) is 0 Å². The highest BCUT2D eigenvalue weighted by atomic mass is 32.2. The van der Waals surface area contributed by atoms with Gasteiger partial charge >= 0.3 is 0 Å². The maximum absolute atomic E-state index is 12.6. The van der Waals surface area contributed by atoms with Crippen LogP contribution in [0.25, 0.3) is 0 Å². The van der Waals surface area contributed by atoms with Crippen LogP contribution < -0.4 is 4.90 Å². The summed E-state index contributed by atoms with van der Waals surface area (Å²) in [6.45, 7) is 5.47. The molecular formula is C16H26N4O3S. The lowest BCUT2D eigenvalue weighted by Crippen LogP contribution is -2.35. The number of aromatic nitrogens is 2. The second-order valence-corrected chi connectivity index (χ2v) is 8.45. The largest absolute Gasteiger partial charge is 0.356 e. The van der Waals surface area contributed by atoms with Crippen molar-refractivity contribution in [1.29, 1.82) is 0 Å². The first-order valence-electron chi connectivity index (χ1n) is 8.42. The molecule has 0 spiro atoms. The van der Waals surface area contributed by atoms with E-state index in [9.17, 15) is 13.2 Å². The van der Waals surface area contributed by atoms with E-state index in [0.717, 1.165) is 12.8 Å². The molecule has 1 saturated heterocycles. The maximum atomic E-state index is 12.6. The summed E-state index contributed by atoms with van der Waals surface area (Å²) in [5.41, 5.74) is 0.356. The third-order valence-electron chi connectivity index (χ3n) is 4.26. The molecule has 2 heterocycles. The van der Waals surface area contributed by atoms with Crippen molar-refractivity contribution in [3.05, 3.63) is 18.1 Å². The number of sulfone groups is 1. The van der Waals surface area contributed by atoms with Crippen LogP contribution in [0.15, 0.2) is 12.4 Å². The standard InChI is InChI=1S/C16H26N4O3S/c1-4-7-20(8-5-2)16(21)14-10-15(18-12-17-14)19(3)13-6-9-24(22,23)11-13/h10,12-13H,4-9,11H2,1-3H3. The monoisotopic (exact) mass is 354 g/mol. The summed E-state index contributed by atoms with van der Waals surface area (Å²) < 4.78 is 23.3. The Labute approximate surface area is 144 Å². The molecule has 7 nitrogen and oxygen atoms in total. The van der Waals surface area contributed by atoms with Crippen LogP contribution in [0.1, 0.15) is 43.6 Å². The zero-order valence-corrected chi connectivity index (χ0v) is 15.4. The molecule has 0 bridgehead atoms. The van der Waals surface area contributed by atoms with Crippen LogP contribution in [0.3, 0.4) is 0 Å². The Bertz CT molecular complexity index is 672. The van der Waals surface area contributed by atoms with Crippen molar-refractivity contribution in [2.45, 2.75) is 39.2 Å². The van der Waals surface area contributed by atoms with Gasteiger partial charge in [-0.25, -0.2) is 18.4 Å². The minimum atomic E-state index is -2.96. The van der Waals surface area contributed by atoms with Crippen molar-refractivity contribution in [2.24, 2.45) is 0 Å². The molecule has 0 radical (unpaired) electrons. The zero-order chi connectivity index (χ0) is 17.7. The Morgan fingerprint density at radius 3 is 2.46 bits per heavy atom. The summed E-state index contributed by atoms with van der Waals surface area (Å²) in [5.74, 6) is 0.826. The molecule has 1 aliphatic rings. The molecular weight excluding hydrogens is 328 g/mol. The van der Waals surface area contributed by atoms with Gasteiger partial charge in [0, 0.05) is 32.2 Å². The Kier molecular flexibility index (Phi) is 6.15. The van der Waals surface area contributed by atoms with E-state index in [0.29, 0.717) is 31.0 Å². The smallest absolute Gasteiger partial charge is 0.272 e. The van der Waals surface area contributed by atoms with Gasteiger partial charge in [0.05, 0.1) is 11.5 Å². The molecule has 24 heavy (non-hydrogen) atoms. The van der Waals surface area contributed by atoms with E-state index < -0.39 is 9.84 Å². The van der Waals surface area contributed by atoms with Crippen molar-refractivity contribution >= 4 is 21.6 Å². The van der Waals surface area contributed by atoms with Gasteiger partial charge in [0.2, 0.25) is 0 Å². The Morgan fingerprint density at radius 1 is 1.25 bits per heavy atom.